The normalized spacial score (nSPS) is 11.3. The molecule has 1 amide bonds. The Morgan fingerprint density at radius 3 is 2.44 bits per heavy atom. The van der Waals surface area contributed by atoms with E-state index in [4.69, 9.17) is 16.7 Å². The van der Waals surface area contributed by atoms with Crippen LogP contribution >= 0.6 is 22.9 Å². The number of carbonyl (C=O) groups is 2. The van der Waals surface area contributed by atoms with Crippen LogP contribution in [0.2, 0.25) is 5.02 Å². The Morgan fingerprint density at radius 1 is 1.44 bits per heavy atom. The van der Waals surface area contributed by atoms with Crippen molar-refractivity contribution in [3.05, 3.63) is 21.3 Å². The maximum atomic E-state index is 12.3. The molecule has 0 fully saturated rings. The number of aliphatic carboxylic acids is 1. The van der Waals surface area contributed by atoms with Crippen LogP contribution in [0, 0.1) is 0 Å². The summed E-state index contributed by atoms with van der Waals surface area (Å²) in [6.07, 6.45) is -0.0774. The number of halogens is 1. The summed E-state index contributed by atoms with van der Waals surface area (Å²) in [7, 11) is 0. The van der Waals surface area contributed by atoms with E-state index in [0.717, 1.165) is 0 Å². The van der Waals surface area contributed by atoms with Gasteiger partial charge in [0.05, 0.1) is 11.4 Å². The van der Waals surface area contributed by atoms with E-state index < -0.39 is 11.5 Å². The molecule has 1 rings (SSSR count). The van der Waals surface area contributed by atoms with Gasteiger partial charge in [-0.3, -0.25) is 9.59 Å². The molecule has 4 nitrogen and oxygen atoms in total. The average Bonchev–Trinajstić information content (AvgIpc) is 2.61. The third-order valence-electron chi connectivity index (χ3n) is 2.42. The predicted octanol–water partition coefficient (Wildman–Crippen LogP) is 3.12. The van der Waals surface area contributed by atoms with Crippen LogP contribution < -0.4 is 0 Å². The highest BCUT2D eigenvalue weighted by Gasteiger charge is 2.29. The van der Waals surface area contributed by atoms with Gasteiger partial charge in [-0.15, -0.1) is 11.3 Å². The minimum Gasteiger partial charge on any atom is -0.481 e. The second kappa shape index (κ2) is 5.71. The van der Waals surface area contributed by atoms with Gasteiger partial charge in [0, 0.05) is 12.1 Å². The molecule has 0 aromatic carbocycles. The molecule has 100 valence electrons. The lowest BCUT2D eigenvalue weighted by atomic mass is 10.1. The van der Waals surface area contributed by atoms with Crippen molar-refractivity contribution in [3.8, 4) is 0 Å². The fourth-order valence-electron chi connectivity index (χ4n) is 1.52. The number of hydrogen-bond donors (Lipinski definition) is 1. The third-order valence-corrected chi connectivity index (χ3v) is 3.75. The van der Waals surface area contributed by atoms with Gasteiger partial charge in [0.2, 0.25) is 0 Å². The maximum Gasteiger partial charge on any atom is 0.305 e. The third kappa shape index (κ3) is 3.71. The zero-order chi connectivity index (χ0) is 13.9. The molecule has 0 spiro atoms. The summed E-state index contributed by atoms with van der Waals surface area (Å²) in [6, 6.07) is 1.66. The molecule has 0 aliphatic heterocycles. The molecular formula is C12H16ClNO3S. The number of thiophene rings is 1. The van der Waals surface area contributed by atoms with Crippen LogP contribution in [-0.2, 0) is 4.79 Å². The first-order valence-electron chi connectivity index (χ1n) is 5.50. The molecule has 18 heavy (non-hydrogen) atoms. The van der Waals surface area contributed by atoms with E-state index in [0.29, 0.717) is 9.90 Å². The van der Waals surface area contributed by atoms with Crippen molar-refractivity contribution in [2.45, 2.75) is 32.7 Å². The van der Waals surface area contributed by atoms with E-state index in [1.165, 1.54) is 11.3 Å². The van der Waals surface area contributed by atoms with Crippen molar-refractivity contribution in [1.29, 1.82) is 0 Å². The Bertz CT molecular complexity index is 450. The number of rotatable bonds is 4. The summed E-state index contributed by atoms with van der Waals surface area (Å²) in [5.41, 5.74) is -0.445. The summed E-state index contributed by atoms with van der Waals surface area (Å²) in [6.45, 7) is 5.78. The van der Waals surface area contributed by atoms with Crippen LogP contribution in [-0.4, -0.2) is 34.0 Å². The molecule has 0 aliphatic rings. The predicted molar refractivity (Wildman–Crippen MR) is 72.4 cm³/mol. The minimum atomic E-state index is -0.922. The summed E-state index contributed by atoms with van der Waals surface area (Å²) in [5.74, 6) is -1.14. The first-order valence-corrected chi connectivity index (χ1v) is 6.76. The number of nitrogens with zero attached hydrogens (tertiary/aromatic N) is 1. The quantitative estimate of drug-likeness (QED) is 0.926. The summed E-state index contributed by atoms with van der Waals surface area (Å²) < 4.78 is 0. The Morgan fingerprint density at radius 2 is 2.06 bits per heavy atom. The van der Waals surface area contributed by atoms with Crippen molar-refractivity contribution >= 4 is 34.8 Å². The molecule has 0 radical (unpaired) electrons. The van der Waals surface area contributed by atoms with Gasteiger partial charge in [-0.25, -0.2) is 0 Å². The zero-order valence-corrected chi connectivity index (χ0v) is 12.1. The molecule has 1 N–H and O–H groups in total. The molecular weight excluding hydrogens is 274 g/mol. The van der Waals surface area contributed by atoms with Gasteiger partial charge in [-0.1, -0.05) is 11.6 Å². The minimum absolute atomic E-state index is 0.0774. The van der Waals surface area contributed by atoms with E-state index in [-0.39, 0.29) is 18.9 Å². The molecule has 0 saturated carbocycles. The highest BCUT2D eigenvalue weighted by Crippen LogP contribution is 2.26. The summed E-state index contributed by atoms with van der Waals surface area (Å²) in [5, 5.41) is 10.9. The van der Waals surface area contributed by atoms with Gasteiger partial charge in [-0.2, -0.15) is 0 Å². The molecule has 0 bridgehead atoms. The lowest BCUT2D eigenvalue weighted by Crippen LogP contribution is -2.46. The van der Waals surface area contributed by atoms with Gasteiger partial charge < -0.3 is 10.0 Å². The highest BCUT2D eigenvalue weighted by molar-refractivity contribution is 7.12. The molecule has 0 saturated heterocycles. The van der Waals surface area contributed by atoms with Crippen LogP contribution in [0.25, 0.3) is 0 Å². The van der Waals surface area contributed by atoms with Gasteiger partial charge in [0.25, 0.3) is 5.91 Å². The lowest BCUT2D eigenvalue weighted by Gasteiger charge is -2.35. The number of hydrogen-bond acceptors (Lipinski definition) is 3. The number of carbonyl (C=O) groups excluding carboxylic acids is 1. The van der Waals surface area contributed by atoms with Crippen LogP contribution in [0.5, 0.6) is 0 Å². The SMILES string of the molecule is CC(C)(C)N(CCC(=O)O)C(=O)c1sccc1Cl. The Balaban J connectivity index is 2.94. The van der Waals surface area contributed by atoms with Crippen LogP contribution in [0.3, 0.4) is 0 Å². The van der Waals surface area contributed by atoms with Crippen molar-refractivity contribution < 1.29 is 14.7 Å². The summed E-state index contributed by atoms with van der Waals surface area (Å²) >= 11 is 7.20. The van der Waals surface area contributed by atoms with E-state index in [1.807, 2.05) is 20.8 Å². The Labute approximate surface area is 115 Å². The lowest BCUT2D eigenvalue weighted by molar-refractivity contribution is -0.137. The number of carboxylic acid groups (broad SMARTS) is 1. The van der Waals surface area contributed by atoms with Crippen molar-refractivity contribution in [3.63, 3.8) is 0 Å². The smallest absolute Gasteiger partial charge is 0.305 e. The van der Waals surface area contributed by atoms with Crippen molar-refractivity contribution in [1.82, 2.24) is 4.90 Å². The fourth-order valence-corrected chi connectivity index (χ4v) is 2.60. The molecule has 1 heterocycles. The molecule has 6 heteroatoms. The van der Waals surface area contributed by atoms with Gasteiger partial charge >= 0.3 is 5.97 Å². The Kier molecular flexibility index (Phi) is 4.76. The standard InChI is InChI=1S/C12H16ClNO3S/c1-12(2,3)14(6-4-9(15)16)11(17)10-8(13)5-7-18-10/h5,7H,4,6H2,1-3H3,(H,15,16). The monoisotopic (exact) mass is 289 g/mol. The molecule has 0 atom stereocenters. The van der Waals surface area contributed by atoms with Crippen molar-refractivity contribution in [2.75, 3.05) is 6.54 Å². The summed E-state index contributed by atoms with van der Waals surface area (Å²) in [4.78, 5) is 25.0. The fraction of sp³-hybridized carbons (Fsp3) is 0.500. The van der Waals surface area contributed by atoms with E-state index in [9.17, 15) is 9.59 Å². The first-order chi connectivity index (χ1) is 8.23. The van der Waals surface area contributed by atoms with E-state index in [2.05, 4.69) is 0 Å². The second-order valence-electron chi connectivity index (χ2n) is 4.87. The van der Waals surface area contributed by atoms with Crippen LogP contribution in [0.15, 0.2) is 11.4 Å². The molecule has 0 aliphatic carbocycles. The topological polar surface area (TPSA) is 57.6 Å². The largest absolute Gasteiger partial charge is 0.481 e. The first kappa shape index (κ1) is 15.0. The van der Waals surface area contributed by atoms with Gasteiger partial charge in [0.1, 0.15) is 4.88 Å². The van der Waals surface area contributed by atoms with Crippen LogP contribution in [0.4, 0.5) is 0 Å². The van der Waals surface area contributed by atoms with Gasteiger partial charge in [-0.05, 0) is 32.2 Å². The number of carboxylic acids is 1. The molecule has 0 unspecified atom stereocenters. The van der Waals surface area contributed by atoms with E-state index >= 15 is 0 Å². The Hall–Kier alpha value is -1.07. The number of amides is 1. The average molecular weight is 290 g/mol. The molecule has 1 aromatic rings. The zero-order valence-electron chi connectivity index (χ0n) is 10.6. The van der Waals surface area contributed by atoms with Crippen molar-refractivity contribution in [2.24, 2.45) is 0 Å². The molecule has 1 aromatic heterocycles. The van der Waals surface area contributed by atoms with Crippen LogP contribution in [0.1, 0.15) is 36.9 Å². The second-order valence-corrected chi connectivity index (χ2v) is 6.19. The highest BCUT2D eigenvalue weighted by atomic mass is 35.5. The van der Waals surface area contributed by atoms with E-state index in [1.54, 1.807) is 16.3 Å². The maximum absolute atomic E-state index is 12.3. The van der Waals surface area contributed by atoms with Gasteiger partial charge in [0.15, 0.2) is 0 Å².